The smallest absolute Gasteiger partial charge is 0.287 e. The SMILES string of the molecule is Cc1cc([N+](=O)[O-])cnc1NCC(C)Sc1ccccc1. The molecule has 1 aromatic carbocycles. The van der Waals surface area contributed by atoms with E-state index in [1.165, 1.54) is 17.2 Å². The summed E-state index contributed by atoms with van der Waals surface area (Å²) in [4.78, 5) is 15.6. The number of anilines is 1. The van der Waals surface area contributed by atoms with Crippen molar-refractivity contribution in [2.75, 3.05) is 11.9 Å². The lowest BCUT2D eigenvalue weighted by molar-refractivity contribution is -0.385. The summed E-state index contributed by atoms with van der Waals surface area (Å²) in [5, 5.41) is 14.3. The summed E-state index contributed by atoms with van der Waals surface area (Å²) in [5.74, 6) is 0.695. The quantitative estimate of drug-likeness (QED) is 0.498. The second kappa shape index (κ2) is 7.08. The van der Waals surface area contributed by atoms with Crippen LogP contribution in [0.2, 0.25) is 0 Å². The normalized spacial score (nSPS) is 11.9. The van der Waals surface area contributed by atoms with E-state index in [1.54, 1.807) is 11.8 Å². The fraction of sp³-hybridized carbons (Fsp3) is 0.267. The highest BCUT2D eigenvalue weighted by atomic mass is 32.2. The molecule has 0 bridgehead atoms. The summed E-state index contributed by atoms with van der Waals surface area (Å²) in [6, 6.07) is 11.7. The third-order valence-electron chi connectivity index (χ3n) is 2.91. The van der Waals surface area contributed by atoms with Crippen molar-refractivity contribution in [2.45, 2.75) is 24.0 Å². The van der Waals surface area contributed by atoms with Crippen LogP contribution >= 0.6 is 11.8 Å². The zero-order valence-electron chi connectivity index (χ0n) is 11.9. The summed E-state index contributed by atoms with van der Waals surface area (Å²) in [6.45, 7) is 4.69. The van der Waals surface area contributed by atoms with Gasteiger partial charge in [-0.2, -0.15) is 0 Å². The molecule has 1 N–H and O–H groups in total. The molecule has 2 aromatic rings. The van der Waals surface area contributed by atoms with Crippen molar-refractivity contribution in [1.29, 1.82) is 0 Å². The predicted molar refractivity (Wildman–Crippen MR) is 85.9 cm³/mol. The topological polar surface area (TPSA) is 68.1 Å². The maximum absolute atomic E-state index is 10.7. The number of rotatable bonds is 6. The zero-order chi connectivity index (χ0) is 15.2. The first-order chi connectivity index (χ1) is 10.1. The van der Waals surface area contributed by atoms with Crippen molar-refractivity contribution in [3.05, 3.63) is 58.3 Å². The van der Waals surface area contributed by atoms with Crippen molar-refractivity contribution in [3.8, 4) is 0 Å². The lowest BCUT2D eigenvalue weighted by Crippen LogP contribution is -2.14. The van der Waals surface area contributed by atoms with Crippen molar-refractivity contribution >= 4 is 23.3 Å². The van der Waals surface area contributed by atoms with E-state index in [4.69, 9.17) is 0 Å². The van der Waals surface area contributed by atoms with Gasteiger partial charge in [0.2, 0.25) is 0 Å². The van der Waals surface area contributed by atoms with Gasteiger partial charge in [-0.15, -0.1) is 11.8 Å². The van der Waals surface area contributed by atoms with Crippen molar-refractivity contribution in [3.63, 3.8) is 0 Å². The molecule has 21 heavy (non-hydrogen) atoms. The van der Waals surface area contributed by atoms with Gasteiger partial charge in [-0.25, -0.2) is 4.98 Å². The van der Waals surface area contributed by atoms with E-state index in [2.05, 4.69) is 29.4 Å². The van der Waals surface area contributed by atoms with Crippen LogP contribution in [0.4, 0.5) is 11.5 Å². The van der Waals surface area contributed by atoms with Gasteiger partial charge >= 0.3 is 0 Å². The number of hydrogen-bond donors (Lipinski definition) is 1. The van der Waals surface area contributed by atoms with Crippen molar-refractivity contribution in [2.24, 2.45) is 0 Å². The number of thioether (sulfide) groups is 1. The first-order valence-corrected chi connectivity index (χ1v) is 7.51. The average Bonchev–Trinajstić information content (AvgIpc) is 2.47. The number of benzene rings is 1. The Labute approximate surface area is 127 Å². The molecular weight excluding hydrogens is 286 g/mol. The number of hydrogen-bond acceptors (Lipinski definition) is 5. The second-order valence-corrected chi connectivity index (χ2v) is 6.25. The Morgan fingerprint density at radius 1 is 1.38 bits per heavy atom. The highest BCUT2D eigenvalue weighted by Gasteiger charge is 2.10. The molecule has 1 aromatic heterocycles. The fourth-order valence-corrected chi connectivity index (χ4v) is 2.80. The van der Waals surface area contributed by atoms with E-state index >= 15 is 0 Å². The monoisotopic (exact) mass is 303 g/mol. The number of pyridine rings is 1. The molecule has 0 aliphatic heterocycles. The van der Waals surface area contributed by atoms with Gasteiger partial charge in [0.1, 0.15) is 12.0 Å². The molecule has 6 heteroatoms. The lowest BCUT2D eigenvalue weighted by atomic mass is 10.2. The minimum atomic E-state index is -0.433. The molecule has 1 atom stereocenters. The predicted octanol–water partition coefficient (Wildman–Crippen LogP) is 3.89. The van der Waals surface area contributed by atoms with Crippen LogP contribution in [0.5, 0.6) is 0 Å². The van der Waals surface area contributed by atoms with E-state index in [9.17, 15) is 10.1 Å². The summed E-state index contributed by atoms with van der Waals surface area (Å²) in [7, 11) is 0. The molecule has 0 radical (unpaired) electrons. The molecule has 2 rings (SSSR count). The fourth-order valence-electron chi connectivity index (χ4n) is 1.86. The number of aromatic nitrogens is 1. The molecule has 1 unspecified atom stereocenters. The van der Waals surface area contributed by atoms with Gasteiger partial charge in [-0.05, 0) is 24.6 Å². The molecular formula is C15H17N3O2S. The van der Waals surface area contributed by atoms with Gasteiger partial charge in [0.05, 0.1) is 4.92 Å². The molecule has 5 nitrogen and oxygen atoms in total. The summed E-state index contributed by atoms with van der Waals surface area (Å²) >= 11 is 1.78. The van der Waals surface area contributed by atoms with Crippen LogP contribution in [0.15, 0.2) is 47.5 Å². The number of nitrogens with zero attached hydrogens (tertiary/aromatic N) is 2. The van der Waals surface area contributed by atoms with E-state index in [0.717, 1.165) is 12.1 Å². The Morgan fingerprint density at radius 3 is 2.71 bits per heavy atom. The Morgan fingerprint density at radius 2 is 2.10 bits per heavy atom. The van der Waals surface area contributed by atoms with Crippen LogP contribution in [0.3, 0.4) is 0 Å². The second-order valence-electron chi connectivity index (χ2n) is 4.74. The number of nitro groups is 1. The van der Waals surface area contributed by atoms with Crippen molar-refractivity contribution < 1.29 is 4.92 Å². The standard InChI is InChI=1S/C15H17N3O2S/c1-11-8-13(18(19)20)10-17-15(11)16-9-12(2)21-14-6-4-3-5-7-14/h3-8,10,12H,9H2,1-2H3,(H,16,17). The first-order valence-electron chi connectivity index (χ1n) is 6.63. The van der Waals surface area contributed by atoms with Crippen molar-refractivity contribution in [1.82, 2.24) is 4.98 Å². The van der Waals surface area contributed by atoms with Gasteiger partial charge in [0.25, 0.3) is 5.69 Å². The molecule has 0 aliphatic carbocycles. The molecule has 0 saturated heterocycles. The van der Waals surface area contributed by atoms with Gasteiger partial charge in [0.15, 0.2) is 0 Å². The van der Waals surface area contributed by atoms with Gasteiger partial charge in [-0.3, -0.25) is 10.1 Å². The van der Waals surface area contributed by atoms with E-state index in [1.807, 2.05) is 25.1 Å². The number of nitrogens with one attached hydrogen (secondary N) is 1. The Balaban J connectivity index is 1.92. The van der Waals surface area contributed by atoms with E-state index in [0.29, 0.717) is 11.1 Å². The van der Waals surface area contributed by atoms with Crippen LogP contribution < -0.4 is 5.32 Å². The molecule has 0 spiro atoms. The van der Waals surface area contributed by atoms with Crippen LogP contribution in [0.25, 0.3) is 0 Å². The zero-order valence-corrected chi connectivity index (χ0v) is 12.8. The molecule has 110 valence electrons. The molecule has 0 amide bonds. The van der Waals surface area contributed by atoms with Crippen LogP contribution in [-0.4, -0.2) is 21.7 Å². The van der Waals surface area contributed by atoms with E-state index < -0.39 is 4.92 Å². The first kappa shape index (κ1) is 15.3. The maximum atomic E-state index is 10.7. The largest absolute Gasteiger partial charge is 0.369 e. The summed E-state index contributed by atoms with van der Waals surface area (Å²) < 4.78 is 0. The minimum Gasteiger partial charge on any atom is -0.369 e. The minimum absolute atomic E-state index is 0.0183. The van der Waals surface area contributed by atoms with Crippen LogP contribution in [0.1, 0.15) is 12.5 Å². The summed E-state index contributed by atoms with van der Waals surface area (Å²) in [5.41, 5.74) is 0.797. The maximum Gasteiger partial charge on any atom is 0.287 e. The molecule has 1 heterocycles. The highest BCUT2D eigenvalue weighted by Crippen LogP contribution is 2.23. The molecule has 0 fully saturated rings. The Hall–Kier alpha value is -2.08. The summed E-state index contributed by atoms with van der Waals surface area (Å²) in [6.07, 6.45) is 1.28. The molecule has 0 saturated carbocycles. The van der Waals surface area contributed by atoms with Crippen LogP contribution in [-0.2, 0) is 0 Å². The molecule has 0 aliphatic rings. The van der Waals surface area contributed by atoms with Gasteiger partial charge in [-0.1, -0.05) is 25.1 Å². The third kappa shape index (κ3) is 4.46. The van der Waals surface area contributed by atoms with Gasteiger partial charge < -0.3 is 5.32 Å². The highest BCUT2D eigenvalue weighted by molar-refractivity contribution is 8.00. The van der Waals surface area contributed by atoms with Gasteiger partial charge in [0, 0.05) is 22.8 Å². The Bertz CT molecular complexity index is 620. The third-order valence-corrected chi connectivity index (χ3v) is 4.03. The van der Waals surface area contributed by atoms with E-state index in [-0.39, 0.29) is 5.69 Å². The Kier molecular flexibility index (Phi) is 5.16. The van der Waals surface area contributed by atoms with Crippen LogP contribution in [0, 0.1) is 17.0 Å². The average molecular weight is 303 g/mol. The number of aryl methyl sites for hydroxylation is 1. The lowest BCUT2D eigenvalue weighted by Gasteiger charge is -2.14.